The van der Waals surface area contributed by atoms with Crippen LogP contribution < -0.4 is 5.32 Å². The molecule has 1 aromatic carbocycles. The van der Waals surface area contributed by atoms with Crippen molar-refractivity contribution in [2.45, 2.75) is 19.3 Å². The first-order valence-corrected chi connectivity index (χ1v) is 7.67. The minimum atomic E-state index is -0.762. The average molecular weight is 341 g/mol. The van der Waals surface area contributed by atoms with Gasteiger partial charge in [0.15, 0.2) is 0 Å². The molecule has 3 aromatic rings. The van der Waals surface area contributed by atoms with Crippen molar-refractivity contribution in [1.29, 1.82) is 0 Å². The molecule has 25 heavy (non-hydrogen) atoms. The zero-order valence-corrected chi connectivity index (χ0v) is 13.2. The number of fused-ring (bicyclic) bond motifs is 1. The number of carbonyl (C=O) groups is 1. The van der Waals surface area contributed by atoms with Gasteiger partial charge in [0.05, 0.1) is 5.69 Å². The van der Waals surface area contributed by atoms with Gasteiger partial charge in [-0.3, -0.25) is 4.79 Å². The van der Waals surface area contributed by atoms with Gasteiger partial charge in [-0.15, -0.1) is 0 Å². The van der Waals surface area contributed by atoms with Crippen LogP contribution in [0.5, 0.6) is 0 Å². The molecule has 0 aliphatic carbocycles. The molecule has 0 spiro atoms. The minimum absolute atomic E-state index is 0.0625. The molecule has 4 rings (SSSR count). The van der Waals surface area contributed by atoms with Gasteiger partial charge in [0.2, 0.25) is 5.91 Å². The molecule has 126 valence electrons. The summed E-state index contributed by atoms with van der Waals surface area (Å²) in [6, 6.07) is 5.32. The largest absolute Gasteiger partial charge is 0.310 e. The molecule has 0 saturated heterocycles. The van der Waals surface area contributed by atoms with E-state index in [2.05, 4.69) is 20.4 Å². The number of anilines is 1. The van der Waals surface area contributed by atoms with Crippen LogP contribution in [0.1, 0.15) is 29.2 Å². The highest BCUT2D eigenvalue weighted by Crippen LogP contribution is 2.41. The molecular weight excluding hydrogens is 328 g/mol. The quantitative estimate of drug-likeness (QED) is 0.778. The van der Waals surface area contributed by atoms with Gasteiger partial charge in [0, 0.05) is 35.9 Å². The lowest BCUT2D eigenvalue weighted by Crippen LogP contribution is -2.26. The maximum Gasteiger partial charge on any atom is 0.252 e. The van der Waals surface area contributed by atoms with Crippen molar-refractivity contribution >= 4 is 11.7 Å². The maximum absolute atomic E-state index is 14.3. The molecule has 1 unspecified atom stereocenters. The second-order valence-electron chi connectivity index (χ2n) is 5.75. The van der Waals surface area contributed by atoms with E-state index in [0.29, 0.717) is 17.1 Å². The SMILES string of the molecule is Cc1nn(-c2ncccn2)c2c1C(c1c(F)cccc1F)CC(=O)N2. The summed E-state index contributed by atoms with van der Waals surface area (Å²) in [6.45, 7) is 1.72. The summed E-state index contributed by atoms with van der Waals surface area (Å²) >= 11 is 0. The fourth-order valence-electron chi connectivity index (χ4n) is 3.18. The number of nitrogens with one attached hydrogen (secondary N) is 1. The first kappa shape index (κ1) is 15.4. The van der Waals surface area contributed by atoms with Gasteiger partial charge < -0.3 is 5.32 Å². The van der Waals surface area contributed by atoms with Crippen molar-refractivity contribution in [1.82, 2.24) is 19.7 Å². The van der Waals surface area contributed by atoms with Gasteiger partial charge >= 0.3 is 0 Å². The Bertz CT molecular complexity index is 950. The molecule has 1 N–H and O–H groups in total. The molecule has 8 heteroatoms. The van der Waals surface area contributed by atoms with E-state index in [4.69, 9.17) is 0 Å². The summed E-state index contributed by atoms with van der Waals surface area (Å²) in [7, 11) is 0. The van der Waals surface area contributed by atoms with Crippen LogP contribution in [0.2, 0.25) is 0 Å². The maximum atomic E-state index is 14.3. The summed E-state index contributed by atoms with van der Waals surface area (Å²) < 4.78 is 30.0. The zero-order valence-electron chi connectivity index (χ0n) is 13.2. The average Bonchev–Trinajstić information content (AvgIpc) is 2.92. The lowest BCUT2D eigenvalue weighted by Gasteiger charge is -2.24. The number of nitrogens with zero attached hydrogens (tertiary/aromatic N) is 4. The van der Waals surface area contributed by atoms with Crippen LogP contribution in [-0.2, 0) is 4.79 Å². The van der Waals surface area contributed by atoms with Gasteiger partial charge in [-0.05, 0) is 25.1 Å². The topological polar surface area (TPSA) is 72.7 Å². The molecule has 0 bridgehead atoms. The summed E-state index contributed by atoms with van der Waals surface area (Å²) in [6.07, 6.45) is 3.03. The number of aromatic nitrogens is 4. The number of benzene rings is 1. The fraction of sp³-hybridized carbons (Fsp3) is 0.176. The predicted octanol–water partition coefficient (Wildman–Crippen LogP) is 2.72. The highest BCUT2D eigenvalue weighted by molar-refractivity contribution is 5.95. The van der Waals surface area contributed by atoms with Gasteiger partial charge in [0.1, 0.15) is 17.5 Å². The van der Waals surface area contributed by atoms with Crippen molar-refractivity contribution in [2.75, 3.05) is 5.32 Å². The smallest absolute Gasteiger partial charge is 0.252 e. The normalized spacial score (nSPS) is 16.4. The third-order valence-electron chi connectivity index (χ3n) is 4.19. The Kier molecular flexibility index (Phi) is 3.52. The number of hydrogen-bond acceptors (Lipinski definition) is 4. The van der Waals surface area contributed by atoms with Crippen molar-refractivity contribution in [3.05, 3.63) is 65.1 Å². The molecule has 1 amide bonds. The number of aryl methyl sites for hydroxylation is 1. The number of halogens is 2. The molecule has 0 fully saturated rings. The summed E-state index contributed by atoms with van der Waals surface area (Å²) in [5.74, 6) is -1.88. The number of carbonyl (C=O) groups excluding carboxylic acids is 1. The van der Waals surface area contributed by atoms with Crippen LogP contribution in [-0.4, -0.2) is 25.7 Å². The van der Waals surface area contributed by atoms with E-state index in [1.54, 1.807) is 25.4 Å². The summed E-state index contributed by atoms with van der Waals surface area (Å²) in [4.78, 5) is 20.4. The van der Waals surface area contributed by atoms with Crippen molar-refractivity contribution in [2.24, 2.45) is 0 Å². The van der Waals surface area contributed by atoms with Gasteiger partial charge in [-0.2, -0.15) is 9.78 Å². The summed E-state index contributed by atoms with van der Waals surface area (Å²) in [5, 5.41) is 7.09. The first-order chi connectivity index (χ1) is 12.1. The van der Waals surface area contributed by atoms with Crippen molar-refractivity contribution < 1.29 is 13.6 Å². The Hall–Kier alpha value is -3.16. The third kappa shape index (κ3) is 2.46. The van der Waals surface area contributed by atoms with Gasteiger partial charge in [-0.1, -0.05) is 6.07 Å². The van der Waals surface area contributed by atoms with Crippen LogP contribution in [0.4, 0.5) is 14.6 Å². The Balaban J connectivity index is 1.94. The number of hydrogen-bond donors (Lipinski definition) is 1. The van der Waals surface area contributed by atoms with Crippen LogP contribution in [0.25, 0.3) is 5.95 Å². The van der Waals surface area contributed by atoms with E-state index >= 15 is 0 Å². The molecule has 1 atom stereocenters. The third-order valence-corrected chi connectivity index (χ3v) is 4.19. The second-order valence-corrected chi connectivity index (χ2v) is 5.75. The van der Waals surface area contributed by atoms with Crippen molar-refractivity contribution in [3.8, 4) is 5.95 Å². The molecular formula is C17H13F2N5O. The standard InChI is InChI=1S/C17H13F2N5O/c1-9-14-10(15-11(18)4-2-5-12(15)19)8-13(25)22-16(14)24(23-9)17-20-6-3-7-21-17/h2-7,10H,8H2,1H3,(H,22,25). The lowest BCUT2D eigenvalue weighted by molar-refractivity contribution is -0.116. The Labute approximate surface area is 141 Å². The first-order valence-electron chi connectivity index (χ1n) is 7.67. The zero-order chi connectivity index (χ0) is 17.6. The number of rotatable bonds is 2. The second kappa shape index (κ2) is 5.73. The van der Waals surface area contributed by atoms with E-state index in [1.807, 2.05) is 0 Å². The molecule has 2 aromatic heterocycles. The monoisotopic (exact) mass is 341 g/mol. The Morgan fingerprint density at radius 2 is 1.80 bits per heavy atom. The van der Waals surface area contributed by atoms with Crippen LogP contribution in [0, 0.1) is 18.6 Å². The molecule has 1 aliphatic heterocycles. The van der Waals surface area contributed by atoms with Crippen LogP contribution >= 0.6 is 0 Å². The van der Waals surface area contributed by atoms with Gasteiger partial charge in [0.25, 0.3) is 5.95 Å². The molecule has 6 nitrogen and oxygen atoms in total. The Morgan fingerprint density at radius 1 is 1.12 bits per heavy atom. The molecule has 1 aliphatic rings. The van der Waals surface area contributed by atoms with E-state index in [9.17, 15) is 13.6 Å². The molecule has 0 radical (unpaired) electrons. The molecule has 0 saturated carbocycles. The number of amides is 1. The highest BCUT2D eigenvalue weighted by Gasteiger charge is 2.35. The van der Waals surface area contributed by atoms with E-state index in [1.165, 1.54) is 22.9 Å². The highest BCUT2D eigenvalue weighted by atomic mass is 19.1. The summed E-state index contributed by atoms with van der Waals surface area (Å²) in [5.41, 5.74) is 0.987. The molecule has 3 heterocycles. The van der Waals surface area contributed by atoms with Crippen molar-refractivity contribution in [3.63, 3.8) is 0 Å². The van der Waals surface area contributed by atoms with Crippen LogP contribution in [0.3, 0.4) is 0 Å². The Morgan fingerprint density at radius 3 is 2.48 bits per heavy atom. The van der Waals surface area contributed by atoms with Crippen LogP contribution in [0.15, 0.2) is 36.7 Å². The minimum Gasteiger partial charge on any atom is -0.310 e. The predicted molar refractivity (Wildman–Crippen MR) is 85.3 cm³/mol. The lowest BCUT2D eigenvalue weighted by atomic mass is 9.85. The fourth-order valence-corrected chi connectivity index (χ4v) is 3.18. The van der Waals surface area contributed by atoms with E-state index in [-0.39, 0.29) is 23.8 Å². The van der Waals surface area contributed by atoms with Gasteiger partial charge in [-0.25, -0.2) is 18.7 Å². The van der Waals surface area contributed by atoms with E-state index in [0.717, 1.165) is 0 Å². The van der Waals surface area contributed by atoms with E-state index < -0.39 is 17.6 Å².